The quantitative estimate of drug-likeness (QED) is 0.674. The molecule has 0 N–H and O–H groups in total. The first kappa shape index (κ1) is 14.9. The first-order valence-electron chi connectivity index (χ1n) is 8.52. The van der Waals surface area contributed by atoms with Gasteiger partial charge in [0, 0.05) is 7.05 Å². The van der Waals surface area contributed by atoms with Crippen LogP contribution in [0.3, 0.4) is 0 Å². The second-order valence-corrected chi connectivity index (χ2v) is 8.05. The van der Waals surface area contributed by atoms with Gasteiger partial charge in [-0.05, 0) is 55.7 Å². The van der Waals surface area contributed by atoms with Gasteiger partial charge in [0.1, 0.15) is 0 Å². The van der Waals surface area contributed by atoms with E-state index in [9.17, 15) is 0 Å². The maximum atomic E-state index is 4.59. The van der Waals surface area contributed by atoms with Gasteiger partial charge < -0.3 is 4.57 Å². The van der Waals surface area contributed by atoms with Gasteiger partial charge in [-0.1, -0.05) is 42.4 Å². The number of allylic oxidation sites excluding steroid dienone is 2. The van der Waals surface area contributed by atoms with Crippen molar-refractivity contribution in [1.29, 1.82) is 0 Å². The van der Waals surface area contributed by atoms with Gasteiger partial charge in [0.15, 0.2) is 0 Å². The minimum Gasteiger partial charge on any atom is -0.318 e. The van der Waals surface area contributed by atoms with Crippen LogP contribution in [0, 0.1) is 5.41 Å². The summed E-state index contributed by atoms with van der Waals surface area (Å²) in [6.45, 7) is 2.43. The summed E-state index contributed by atoms with van der Waals surface area (Å²) in [5.41, 5.74) is 4.40. The number of hydrogen-bond donors (Lipinski definition) is 0. The molecule has 3 nitrogen and oxygen atoms in total. The van der Waals surface area contributed by atoms with Crippen molar-refractivity contribution < 1.29 is 0 Å². The molecule has 1 heterocycles. The van der Waals surface area contributed by atoms with Crippen LogP contribution in [-0.4, -0.2) is 10.3 Å². The SMILES string of the molecule is Cn1/c(=N/N=C2\C=C3CCCCC3(C)CC2)sc2ccccc21. The van der Waals surface area contributed by atoms with Crippen molar-refractivity contribution in [2.24, 2.45) is 22.7 Å². The molecular weight excluding hydrogens is 302 g/mol. The molecule has 4 rings (SSSR count). The second-order valence-electron chi connectivity index (χ2n) is 7.04. The highest BCUT2D eigenvalue weighted by molar-refractivity contribution is 7.16. The summed E-state index contributed by atoms with van der Waals surface area (Å²) in [6.07, 6.45) is 9.91. The number of aryl methyl sites for hydroxylation is 1. The lowest BCUT2D eigenvalue weighted by Crippen LogP contribution is -2.28. The second kappa shape index (κ2) is 5.75. The van der Waals surface area contributed by atoms with Crippen LogP contribution in [-0.2, 0) is 7.05 Å². The van der Waals surface area contributed by atoms with Crippen LogP contribution in [0.5, 0.6) is 0 Å². The van der Waals surface area contributed by atoms with E-state index in [1.165, 1.54) is 42.3 Å². The zero-order valence-corrected chi connectivity index (χ0v) is 14.7. The Morgan fingerprint density at radius 1 is 1.09 bits per heavy atom. The Morgan fingerprint density at radius 3 is 2.83 bits per heavy atom. The van der Waals surface area contributed by atoms with Crippen molar-refractivity contribution in [3.05, 3.63) is 40.7 Å². The number of para-hydroxylation sites is 1. The normalized spacial score (nSPS) is 27.3. The number of rotatable bonds is 1. The third-order valence-electron chi connectivity index (χ3n) is 5.45. The number of nitrogens with zero attached hydrogens (tertiary/aromatic N) is 3. The predicted molar refractivity (Wildman–Crippen MR) is 97.7 cm³/mol. The molecule has 1 saturated carbocycles. The number of thiazole rings is 1. The Kier molecular flexibility index (Phi) is 3.72. The van der Waals surface area contributed by atoms with Crippen LogP contribution < -0.4 is 4.80 Å². The highest BCUT2D eigenvalue weighted by atomic mass is 32.1. The average molecular weight is 325 g/mol. The van der Waals surface area contributed by atoms with Crippen molar-refractivity contribution in [3.63, 3.8) is 0 Å². The lowest BCUT2D eigenvalue weighted by molar-refractivity contribution is 0.281. The third kappa shape index (κ3) is 2.69. The van der Waals surface area contributed by atoms with Crippen LogP contribution in [0.15, 0.2) is 46.1 Å². The molecule has 0 aliphatic heterocycles. The first-order chi connectivity index (χ1) is 11.2. The van der Waals surface area contributed by atoms with E-state index in [0.717, 1.165) is 16.9 Å². The van der Waals surface area contributed by atoms with Gasteiger partial charge in [-0.15, -0.1) is 5.10 Å². The fourth-order valence-electron chi connectivity index (χ4n) is 3.87. The van der Waals surface area contributed by atoms with Crippen molar-refractivity contribution in [2.45, 2.75) is 45.4 Å². The molecule has 1 fully saturated rings. The molecule has 1 aromatic heterocycles. The van der Waals surface area contributed by atoms with E-state index in [4.69, 9.17) is 0 Å². The summed E-state index contributed by atoms with van der Waals surface area (Å²) in [7, 11) is 2.06. The molecule has 2 aliphatic rings. The van der Waals surface area contributed by atoms with Crippen LogP contribution in [0.25, 0.3) is 10.2 Å². The highest BCUT2D eigenvalue weighted by Crippen LogP contribution is 2.46. The Bertz CT molecular complexity index is 868. The number of aromatic nitrogens is 1. The summed E-state index contributed by atoms with van der Waals surface area (Å²) in [5.74, 6) is 0. The van der Waals surface area contributed by atoms with Crippen molar-refractivity contribution in [1.82, 2.24) is 4.57 Å². The molecule has 1 aromatic carbocycles. The molecule has 0 bridgehead atoms. The Labute approximate surface area is 141 Å². The summed E-state index contributed by atoms with van der Waals surface area (Å²) in [5, 5.41) is 9.14. The van der Waals surface area contributed by atoms with Gasteiger partial charge in [0.2, 0.25) is 4.80 Å². The monoisotopic (exact) mass is 325 g/mol. The van der Waals surface area contributed by atoms with E-state index >= 15 is 0 Å². The molecule has 0 radical (unpaired) electrons. The zero-order chi connectivity index (χ0) is 15.9. The maximum Gasteiger partial charge on any atom is 0.211 e. The van der Waals surface area contributed by atoms with Crippen molar-refractivity contribution >= 4 is 27.3 Å². The Morgan fingerprint density at radius 2 is 1.96 bits per heavy atom. The standard InChI is InChI=1S/C19H23N3S/c1-19-11-6-5-7-14(19)13-15(10-12-19)20-21-18-22(2)16-8-3-4-9-17(16)23-18/h3-4,8-9,13H,5-7,10-12H2,1-2H3/b20-15-,21-18-. The molecule has 0 amide bonds. The van der Waals surface area contributed by atoms with E-state index < -0.39 is 0 Å². The minimum atomic E-state index is 0.430. The lowest BCUT2D eigenvalue weighted by Gasteiger charge is -2.39. The van der Waals surface area contributed by atoms with E-state index in [1.807, 2.05) is 0 Å². The van der Waals surface area contributed by atoms with Crippen molar-refractivity contribution in [3.8, 4) is 0 Å². The lowest BCUT2D eigenvalue weighted by atomic mass is 9.66. The van der Waals surface area contributed by atoms with E-state index in [-0.39, 0.29) is 0 Å². The van der Waals surface area contributed by atoms with Gasteiger partial charge in [0.25, 0.3) is 0 Å². The van der Waals surface area contributed by atoms with Crippen LogP contribution in [0.4, 0.5) is 0 Å². The van der Waals surface area contributed by atoms with E-state index in [0.29, 0.717) is 5.41 Å². The first-order valence-corrected chi connectivity index (χ1v) is 9.34. The molecular formula is C19H23N3S. The summed E-state index contributed by atoms with van der Waals surface area (Å²) in [6, 6.07) is 8.42. The molecule has 23 heavy (non-hydrogen) atoms. The van der Waals surface area contributed by atoms with Gasteiger partial charge in [-0.2, -0.15) is 5.10 Å². The molecule has 4 heteroatoms. The maximum absolute atomic E-state index is 4.59. The molecule has 0 spiro atoms. The smallest absolute Gasteiger partial charge is 0.211 e. The summed E-state index contributed by atoms with van der Waals surface area (Å²) in [4.78, 5) is 0.967. The molecule has 2 aliphatic carbocycles. The molecule has 1 atom stereocenters. The Hall–Kier alpha value is -1.68. The van der Waals surface area contributed by atoms with Gasteiger partial charge in [-0.25, -0.2) is 0 Å². The van der Waals surface area contributed by atoms with Gasteiger partial charge in [0.05, 0.1) is 15.9 Å². The molecule has 1 unspecified atom stereocenters. The summed E-state index contributed by atoms with van der Waals surface area (Å²) < 4.78 is 3.39. The third-order valence-corrected chi connectivity index (χ3v) is 6.56. The zero-order valence-electron chi connectivity index (χ0n) is 13.9. The van der Waals surface area contributed by atoms with Crippen molar-refractivity contribution in [2.75, 3.05) is 0 Å². The van der Waals surface area contributed by atoms with Crippen LogP contribution >= 0.6 is 11.3 Å². The van der Waals surface area contributed by atoms with E-state index in [1.54, 1.807) is 16.9 Å². The minimum absolute atomic E-state index is 0.430. The fraction of sp³-hybridized carbons (Fsp3) is 0.474. The largest absolute Gasteiger partial charge is 0.318 e. The topological polar surface area (TPSA) is 29.6 Å². The summed E-state index contributed by atoms with van der Waals surface area (Å²) >= 11 is 1.70. The number of benzene rings is 1. The highest BCUT2D eigenvalue weighted by Gasteiger charge is 2.34. The fourth-order valence-corrected chi connectivity index (χ4v) is 4.84. The number of hydrogen-bond acceptors (Lipinski definition) is 3. The van der Waals surface area contributed by atoms with E-state index in [2.05, 4.69) is 59.1 Å². The number of fused-ring (bicyclic) bond motifs is 2. The molecule has 120 valence electrons. The average Bonchev–Trinajstić information content (AvgIpc) is 2.89. The van der Waals surface area contributed by atoms with Gasteiger partial charge >= 0.3 is 0 Å². The predicted octanol–water partition coefficient (Wildman–Crippen LogP) is 4.80. The van der Waals surface area contributed by atoms with Gasteiger partial charge in [-0.3, -0.25) is 0 Å². The van der Waals surface area contributed by atoms with Crippen LogP contribution in [0.1, 0.15) is 45.4 Å². The van der Waals surface area contributed by atoms with Crippen LogP contribution in [0.2, 0.25) is 0 Å². The Balaban J connectivity index is 1.70. The molecule has 0 saturated heterocycles. The molecule has 2 aromatic rings.